The molecular weight excluding hydrogens is 386 g/mol. The van der Waals surface area contributed by atoms with Crippen LogP contribution in [0.2, 0.25) is 0 Å². The van der Waals surface area contributed by atoms with Crippen LogP contribution in [0.15, 0.2) is 46.8 Å². The lowest BCUT2D eigenvalue weighted by atomic mass is 9.69. The van der Waals surface area contributed by atoms with Crippen molar-refractivity contribution in [3.8, 4) is 5.75 Å². The molecule has 0 amide bonds. The standard InChI is InChI=1S/C23H27NO6/c1-11(2)30-23(28)18-13(4)24-16-9-12(3)17(22(27)29-5)21(26)20(16)19(18)14-7-6-8-15(25)10-14/h6-8,10-12,17,19,24-25H,9H2,1-5H3/t12-,17+,19-/m1/s1. The van der Waals surface area contributed by atoms with Gasteiger partial charge in [-0.05, 0) is 50.8 Å². The first-order valence-corrected chi connectivity index (χ1v) is 9.98. The largest absolute Gasteiger partial charge is 0.508 e. The minimum atomic E-state index is -0.948. The molecule has 0 fully saturated rings. The summed E-state index contributed by atoms with van der Waals surface area (Å²) in [5.74, 6) is -3.45. The number of carbonyl (C=O) groups is 3. The lowest BCUT2D eigenvalue weighted by Gasteiger charge is -2.38. The van der Waals surface area contributed by atoms with Crippen molar-refractivity contribution in [2.45, 2.75) is 46.1 Å². The monoisotopic (exact) mass is 413 g/mol. The minimum Gasteiger partial charge on any atom is -0.508 e. The number of methoxy groups -OCH3 is 1. The van der Waals surface area contributed by atoms with Crippen LogP contribution >= 0.6 is 0 Å². The number of phenols is 1. The molecule has 7 heteroatoms. The van der Waals surface area contributed by atoms with Crippen molar-refractivity contribution in [3.05, 3.63) is 52.4 Å². The van der Waals surface area contributed by atoms with Crippen LogP contribution in [0.5, 0.6) is 5.75 Å². The number of carbonyl (C=O) groups excluding carboxylic acids is 3. The first-order valence-electron chi connectivity index (χ1n) is 9.98. The maximum atomic E-state index is 13.5. The summed E-state index contributed by atoms with van der Waals surface area (Å²) < 4.78 is 10.3. The minimum absolute atomic E-state index is 0.0172. The van der Waals surface area contributed by atoms with Crippen molar-refractivity contribution < 1.29 is 29.0 Å². The van der Waals surface area contributed by atoms with Crippen LogP contribution in [0.4, 0.5) is 0 Å². The summed E-state index contributed by atoms with van der Waals surface area (Å²) in [6, 6.07) is 6.44. The maximum absolute atomic E-state index is 13.5. The Kier molecular flexibility index (Phi) is 6.01. The second-order valence-corrected chi connectivity index (χ2v) is 8.08. The van der Waals surface area contributed by atoms with Gasteiger partial charge >= 0.3 is 11.9 Å². The Hall–Kier alpha value is -3.09. The van der Waals surface area contributed by atoms with Crippen molar-refractivity contribution in [3.63, 3.8) is 0 Å². The van der Waals surface area contributed by atoms with E-state index in [2.05, 4.69) is 5.32 Å². The fourth-order valence-electron chi connectivity index (χ4n) is 4.27. The molecule has 0 saturated heterocycles. The third kappa shape index (κ3) is 3.84. The molecule has 7 nitrogen and oxygen atoms in total. The molecule has 3 rings (SSSR count). The Bertz CT molecular complexity index is 958. The predicted molar refractivity (Wildman–Crippen MR) is 109 cm³/mol. The Labute approximate surface area is 175 Å². The molecule has 0 radical (unpaired) electrons. The maximum Gasteiger partial charge on any atom is 0.337 e. The van der Waals surface area contributed by atoms with Gasteiger partial charge in [0.1, 0.15) is 11.7 Å². The number of rotatable bonds is 4. The van der Waals surface area contributed by atoms with E-state index in [0.29, 0.717) is 34.5 Å². The van der Waals surface area contributed by atoms with Gasteiger partial charge < -0.3 is 19.9 Å². The fourth-order valence-corrected chi connectivity index (χ4v) is 4.27. The number of benzene rings is 1. The summed E-state index contributed by atoms with van der Waals surface area (Å²) in [6.07, 6.45) is 0.114. The highest BCUT2D eigenvalue weighted by molar-refractivity contribution is 6.12. The average molecular weight is 413 g/mol. The van der Waals surface area contributed by atoms with Gasteiger partial charge in [0.15, 0.2) is 5.78 Å². The van der Waals surface area contributed by atoms with Gasteiger partial charge in [-0.1, -0.05) is 19.1 Å². The fraction of sp³-hybridized carbons (Fsp3) is 0.435. The number of Topliss-reactive ketones (excluding diaryl/α,β-unsaturated/α-hetero) is 1. The second kappa shape index (κ2) is 8.34. The second-order valence-electron chi connectivity index (χ2n) is 8.08. The number of nitrogens with one attached hydrogen (secondary N) is 1. The highest BCUT2D eigenvalue weighted by Gasteiger charge is 2.47. The molecule has 0 aromatic heterocycles. The Morgan fingerprint density at radius 3 is 2.57 bits per heavy atom. The molecule has 30 heavy (non-hydrogen) atoms. The quantitative estimate of drug-likeness (QED) is 0.578. The lowest BCUT2D eigenvalue weighted by molar-refractivity contribution is -0.151. The molecule has 0 bridgehead atoms. The van der Waals surface area contributed by atoms with Gasteiger partial charge in [-0.2, -0.15) is 0 Å². The van der Waals surface area contributed by atoms with Crippen LogP contribution < -0.4 is 5.32 Å². The summed E-state index contributed by atoms with van der Waals surface area (Å²) in [7, 11) is 1.26. The molecular formula is C23H27NO6. The number of ether oxygens (including phenoxy) is 2. The molecule has 1 aliphatic carbocycles. The Balaban J connectivity index is 2.19. The molecule has 3 atom stereocenters. The van der Waals surface area contributed by atoms with Crippen molar-refractivity contribution in [1.29, 1.82) is 0 Å². The zero-order chi connectivity index (χ0) is 22.2. The van der Waals surface area contributed by atoms with Crippen molar-refractivity contribution >= 4 is 17.7 Å². The summed E-state index contributed by atoms with van der Waals surface area (Å²) in [4.78, 5) is 38.9. The van der Waals surface area contributed by atoms with E-state index in [9.17, 15) is 19.5 Å². The average Bonchev–Trinajstić information content (AvgIpc) is 2.65. The molecule has 2 N–H and O–H groups in total. The van der Waals surface area contributed by atoms with Gasteiger partial charge in [0, 0.05) is 22.9 Å². The molecule has 1 aliphatic heterocycles. The van der Waals surface area contributed by atoms with Crippen LogP contribution in [0, 0.1) is 11.8 Å². The van der Waals surface area contributed by atoms with E-state index in [1.54, 1.807) is 32.9 Å². The molecule has 1 aromatic carbocycles. The molecule has 1 aromatic rings. The van der Waals surface area contributed by atoms with Gasteiger partial charge in [0.2, 0.25) is 0 Å². The van der Waals surface area contributed by atoms with Crippen LogP contribution in [0.25, 0.3) is 0 Å². The van der Waals surface area contributed by atoms with E-state index >= 15 is 0 Å². The molecule has 0 spiro atoms. The van der Waals surface area contributed by atoms with Gasteiger partial charge in [0.25, 0.3) is 0 Å². The third-order valence-corrected chi connectivity index (χ3v) is 5.51. The number of hydrogen-bond acceptors (Lipinski definition) is 7. The summed E-state index contributed by atoms with van der Waals surface area (Å²) in [6.45, 7) is 7.09. The van der Waals surface area contributed by atoms with E-state index in [-0.39, 0.29) is 23.6 Å². The van der Waals surface area contributed by atoms with Crippen LogP contribution in [0.3, 0.4) is 0 Å². The number of dihydropyridines is 1. The first kappa shape index (κ1) is 21.6. The number of aromatic hydroxyl groups is 1. The van der Waals surface area contributed by atoms with Crippen molar-refractivity contribution in [2.24, 2.45) is 11.8 Å². The van der Waals surface area contributed by atoms with Crippen LogP contribution in [-0.4, -0.2) is 36.0 Å². The summed E-state index contributed by atoms with van der Waals surface area (Å²) in [5, 5.41) is 13.2. The normalized spacial score (nSPS) is 23.8. The SMILES string of the molecule is COC(=O)[C@@H]1C(=O)C2=C(C[C@H]1C)NC(C)=C(C(=O)OC(C)C)[C@H]2c1cccc(O)c1. The highest BCUT2D eigenvalue weighted by Crippen LogP contribution is 2.45. The van der Waals surface area contributed by atoms with Gasteiger partial charge in [-0.25, -0.2) is 4.79 Å². The number of phenolic OH excluding ortho intramolecular Hbond substituents is 1. The topological polar surface area (TPSA) is 102 Å². The Morgan fingerprint density at radius 2 is 1.97 bits per heavy atom. The predicted octanol–water partition coefficient (Wildman–Crippen LogP) is 2.96. The Morgan fingerprint density at radius 1 is 1.27 bits per heavy atom. The molecule has 160 valence electrons. The zero-order valence-electron chi connectivity index (χ0n) is 17.8. The number of ketones is 1. The molecule has 0 unspecified atom stereocenters. The summed E-state index contributed by atoms with van der Waals surface area (Å²) >= 11 is 0. The van der Waals surface area contributed by atoms with E-state index in [1.165, 1.54) is 19.2 Å². The van der Waals surface area contributed by atoms with E-state index in [0.717, 1.165) is 0 Å². The van der Waals surface area contributed by atoms with Gasteiger partial charge in [0.05, 0.1) is 18.8 Å². The third-order valence-electron chi connectivity index (χ3n) is 5.51. The molecule has 1 heterocycles. The highest BCUT2D eigenvalue weighted by atomic mass is 16.5. The van der Waals surface area contributed by atoms with E-state index < -0.39 is 23.8 Å². The van der Waals surface area contributed by atoms with Gasteiger partial charge in [-0.3, -0.25) is 9.59 Å². The first-order chi connectivity index (χ1) is 14.1. The number of allylic oxidation sites excluding steroid dienone is 3. The van der Waals surface area contributed by atoms with Gasteiger partial charge in [-0.15, -0.1) is 0 Å². The van der Waals surface area contributed by atoms with Crippen LogP contribution in [-0.2, 0) is 23.9 Å². The van der Waals surface area contributed by atoms with E-state index in [4.69, 9.17) is 9.47 Å². The smallest absolute Gasteiger partial charge is 0.337 e. The van der Waals surface area contributed by atoms with E-state index in [1.807, 2.05) is 6.92 Å². The lowest BCUT2D eigenvalue weighted by Crippen LogP contribution is -2.43. The number of esters is 2. The molecule has 0 saturated carbocycles. The number of hydrogen-bond donors (Lipinski definition) is 2. The molecule has 2 aliphatic rings. The van der Waals surface area contributed by atoms with Crippen molar-refractivity contribution in [1.82, 2.24) is 5.32 Å². The van der Waals surface area contributed by atoms with Crippen LogP contribution in [0.1, 0.15) is 45.6 Å². The zero-order valence-corrected chi connectivity index (χ0v) is 17.8. The summed E-state index contributed by atoms with van der Waals surface area (Å²) in [5.41, 5.74) is 2.48. The van der Waals surface area contributed by atoms with Crippen molar-refractivity contribution in [2.75, 3.05) is 7.11 Å².